The van der Waals surface area contributed by atoms with Gasteiger partial charge in [-0.25, -0.2) is 18.2 Å². The summed E-state index contributed by atoms with van der Waals surface area (Å²) >= 11 is 1.09. The van der Waals surface area contributed by atoms with Crippen LogP contribution in [0.1, 0.15) is 20.9 Å². The maximum atomic E-state index is 11.5. The van der Waals surface area contributed by atoms with E-state index in [1.165, 1.54) is 6.26 Å². The van der Waals surface area contributed by atoms with E-state index >= 15 is 0 Å². The SMILES string of the molecule is Cc1nc(-c2ccn(Cc3ccc(S(C)(=O)=O)cc3)n2)sc1C(=O)O. The average Bonchev–Trinajstić information content (AvgIpc) is 3.13. The molecule has 0 aliphatic heterocycles. The fraction of sp³-hybridized carbons (Fsp3) is 0.188. The molecule has 1 N–H and O–H groups in total. The van der Waals surface area contributed by atoms with E-state index in [0.717, 1.165) is 16.9 Å². The van der Waals surface area contributed by atoms with Gasteiger partial charge in [-0.15, -0.1) is 11.3 Å². The smallest absolute Gasteiger partial charge is 0.347 e. The summed E-state index contributed by atoms with van der Waals surface area (Å²) < 4.78 is 24.6. The van der Waals surface area contributed by atoms with Gasteiger partial charge in [0.15, 0.2) is 9.84 Å². The predicted octanol–water partition coefficient (Wildman–Crippen LogP) is 2.47. The molecule has 0 aliphatic carbocycles. The predicted molar refractivity (Wildman–Crippen MR) is 93.7 cm³/mol. The summed E-state index contributed by atoms with van der Waals surface area (Å²) in [5.41, 5.74) is 1.98. The zero-order valence-corrected chi connectivity index (χ0v) is 15.1. The normalized spacial score (nSPS) is 11.6. The van der Waals surface area contributed by atoms with E-state index in [9.17, 15) is 13.2 Å². The summed E-state index contributed by atoms with van der Waals surface area (Å²) in [4.78, 5) is 15.9. The highest BCUT2D eigenvalue weighted by atomic mass is 32.2. The van der Waals surface area contributed by atoms with Crippen molar-refractivity contribution in [2.24, 2.45) is 0 Å². The van der Waals surface area contributed by atoms with Gasteiger partial charge in [-0.2, -0.15) is 5.10 Å². The Kier molecular flexibility index (Phi) is 4.44. The Morgan fingerprint density at radius 1 is 1.24 bits per heavy atom. The van der Waals surface area contributed by atoms with Gasteiger partial charge in [-0.05, 0) is 30.7 Å². The average molecular weight is 377 g/mol. The Morgan fingerprint density at radius 3 is 2.48 bits per heavy atom. The Hall–Kier alpha value is -2.52. The minimum Gasteiger partial charge on any atom is -0.477 e. The van der Waals surface area contributed by atoms with Crippen molar-refractivity contribution in [3.8, 4) is 10.7 Å². The first kappa shape index (κ1) is 17.3. The van der Waals surface area contributed by atoms with Crippen LogP contribution in [0.4, 0.5) is 0 Å². The molecule has 0 spiro atoms. The van der Waals surface area contributed by atoms with Crippen LogP contribution in [0.15, 0.2) is 41.4 Å². The van der Waals surface area contributed by atoms with E-state index in [-0.39, 0.29) is 9.77 Å². The molecule has 25 heavy (non-hydrogen) atoms. The van der Waals surface area contributed by atoms with Crippen LogP contribution in [-0.4, -0.2) is 40.5 Å². The van der Waals surface area contributed by atoms with E-state index in [1.54, 1.807) is 48.1 Å². The molecule has 2 heterocycles. The van der Waals surface area contributed by atoms with E-state index in [2.05, 4.69) is 10.1 Å². The lowest BCUT2D eigenvalue weighted by Gasteiger charge is -2.03. The lowest BCUT2D eigenvalue weighted by atomic mass is 10.2. The van der Waals surface area contributed by atoms with Gasteiger partial charge in [-0.3, -0.25) is 4.68 Å². The molecule has 1 aromatic carbocycles. The standard InChI is InChI=1S/C16H15N3O4S2/c1-10-14(16(20)21)24-15(17-10)13-7-8-19(18-13)9-11-3-5-12(6-4-11)25(2,22)23/h3-8H,9H2,1-2H3,(H,20,21). The van der Waals surface area contributed by atoms with Gasteiger partial charge < -0.3 is 5.11 Å². The number of sulfone groups is 1. The third kappa shape index (κ3) is 3.77. The van der Waals surface area contributed by atoms with Crippen molar-refractivity contribution in [3.05, 3.63) is 52.7 Å². The number of aromatic nitrogens is 3. The van der Waals surface area contributed by atoms with Crippen molar-refractivity contribution < 1.29 is 18.3 Å². The van der Waals surface area contributed by atoms with Gasteiger partial charge in [0.25, 0.3) is 0 Å². The molecule has 7 nitrogen and oxygen atoms in total. The van der Waals surface area contributed by atoms with E-state index in [4.69, 9.17) is 5.11 Å². The highest BCUT2D eigenvalue weighted by Gasteiger charge is 2.16. The molecule has 3 aromatic rings. The number of benzene rings is 1. The Labute approximate surface area is 148 Å². The van der Waals surface area contributed by atoms with Crippen molar-refractivity contribution in [1.82, 2.24) is 14.8 Å². The first-order chi connectivity index (χ1) is 11.7. The molecule has 0 unspecified atom stereocenters. The maximum absolute atomic E-state index is 11.5. The summed E-state index contributed by atoms with van der Waals surface area (Å²) in [6.07, 6.45) is 2.94. The monoisotopic (exact) mass is 377 g/mol. The molecular weight excluding hydrogens is 362 g/mol. The largest absolute Gasteiger partial charge is 0.477 e. The van der Waals surface area contributed by atoms with Crippen LogP contribution >= 0.6 is 11.3 Å². The van der Waals surface area contributed by atoms with E-state index in [1.807, 2.05) is 0 Å². The zero-order valence-electron chi connectivity index (χ0n) is 13.5. The van der Waals surface area contributed by atoms with Gasteiger partial charge >= 0.3 is 5.97 Å². The highest BCUT2D eigenvalue weighted by molar-refractivity contribution is 7.90. The number of hydrogen-bond acceptors (Lipinski definition) is 6. The number of carboxylic acid groups (broad SMARTS) is 1. The molecule has 0 radical (unpaired) electrons. The minimum atomic E-state index is -3.21. The zero-order chi connectivity index (χ0) is 18.2. The first-order valence-corrected chi connectivity index (χ1v) is 9.98. The number of carbonyl (C=O) groups is 1. The number of aromatic carboxylic acids is 1. The maximum Gasteiger partial charge on any atom is 0.347 e. The molecule has 0 fully saturated rings. The van der Waals surface area contributed by atoms with Gasteiger partial charge in [0.05, 0.1) is 17.1 Å². The summed E-state index contributed by atoms with van der Waals surface area (Å²) in [6.45, 7) is 2.13. The molecule has 0 aliphatic rings. The van der Waals surface area contributed by atoms with Crippen LogP contribution in [0, 0.1) is 6.92 Å². The van der Waals surface area contributed by atoms with Crippen LogP contribution < -0.4 is 0 Å². The van der Waals surface area contributed by atoms with E-state index in [0.29, 0.717) is 22.9 Å². The number of nitrogens with zero attached hydrogens (tertiary/aromatic N) is 3. The van der Waals surface area contributed by atoms with Gasteiger partial charge in [-0.1, -0.05) is 12.1 Å². The second-order valence-corrected chi connectivity index (χ2v) is 8.57. The lowest BCUT2D eigenvalue weighted by Crippen LogP contribution is -2.02. The fourth-order valence-corrected chi connectivity index (χ4v) is 3.80. The number of thiazole rings is 1. The Morgan fingerprint density at radius 2 is 1.92 bits per heavy atom. The second-order valence-electron chi connectivity index (χ2n) is 5.55. The fourth-order valence-electron chi connectivity index (χ4n) is 2.30. The number of aryl methyl sites for hydroxylation is 1. The number of rotatable bonds is 5. The van der Waals surface area contributed by atoms with Crippen molar-refractivity contribution in [3.63, 3.8) is 0 Å². The van der Waals surface area contributed by atoms with Crippen LogP contribution in [-0.2, 0) is 16.4 Å². The quantitative estimate of drug-likeness (QED) is 0.733. The highest BCUT2D eigenvalue weighted by Crippen LogP contribution is 2.26. The molecule has 0 saturated carbocycles. The van der Waals surface area contributed by atoms with Crippen molar-refractivity contribution in [2.75, 3.05) is 6.26 Å². The number of carboxylic acids is 1. The summed E-state index contributed by atoms with van der Waals surface area (Å²) in [5.74, 6) is -0.994. The molecule has 0 amide bonds. The summed E-state index contributed by atoms with van der Waals surface area (Å²) in [6, 6.07) is 8.40. The Bertz CT molecular complexity index is 1030. The van der Waals surface area contributed by atoms with Gasteiger partial charge in [0.1, 0.15) is 15.6 Å². The molecule has 2 aromatic heterocycles. The van der Waals surface area contributed by atoms with Crippen LogP contribution in [0.2, 0.25) is 0 Å². The lowest BCUT2D eigenvalue weighted by molar-refractivity contribution is 0.0701. The molecule has 0 saturated heterocycles. The van der Waals surface area contributed by atoms with Crippen molar-refractivity contribution >= 4 is 27.1 Å². The Balaban J connectivity index is 1.80. The first-order valence-electron chi connectivity index (χ1n) is 7.27. The number of hydrogen-bond donors (Lipinski definition) is 1. The van der Waals surface area contributed by atoms with E-state index < -0.39 is 15.8 Å². The van der Waals surface area contributed by atoms with Crippen molar-refractivity contribution in [1.29, 1.82) is 0 Å². The molecule has 0 bridgehead atoms. The summed E-state index contributed by atoms with van der Waals surface area (Å²) in [5, 5.41) is 14.1. The van der Waals surface area contributed by atoms with Gasteiger partial charge in [0, 0.05) is 12.5 Å². The second kappa shape index (κ2) is 6.41. The molecule has 3 rings (SSSR count). The van der Waals surface area contributed by atoms with Crippen LogP contribution in [0.5, 0.6) is 0 Å². The van der Waals surface area contributed by atoms with Gasteiger partial charge in [0.2, 0.25) is 0 Å². The minimum absolute atomic E-state index is 0.209. The molecular formula is C16H15N3O4S2. The molecule has 130 valence electrons. The summed E-state index contributed by atoms with van der Waals surface area (Å²) in [7, 11) is -3.21. The van der Waals surface area contributed by atoms with Crippen LogP contribution in [0.3, 0.4) is 0 Å². The van der Waals surface area contributed by atoms with Crippen molar-refractivity contribution in [2.45, 2.75) is 18.4 Å². The third-order valence-electron chi connectivity index (χ3n) is 3.55. The van der Waals surface area contributed by atoms with Crippen LogP contribution in [0.25, 0.3) is 10.7 Å². The molecule has 0 atom stereocenters. The molecule has 9 heteroatoms. The third-order valence-corrected chi connectivity index (χ3v) is 5.84. The topological polar surface area (TPSA) is 102 Å².